The lowest BCUT2D eigenvalue weighted by Crippen LogP contribution is -2.50. The third-order valence-corrected chi connectivity index (χ3v) is 2.90. The van der Waals surface area contributed by atoms with Gasteiger partial charge in [0.1, 0.15) is 0 Å². The van der Waals surface area contributed by atoms with Gasteiger partial charge in [-0.15, -0.1) is 4.39 Å². The molecule has 0 aromatic rings. The number of hydrogen-bond acceptors (Lipinski definition) is 2. The SMILES string of the molecule is CCC1CCN(C(=O)F)CC1NC. The summed E-state index contributed by atoms with van der Waals surface area (Å²) < 4.78 is 12.4. The summed E-state index contributed by atoms with van der Waals surface area (Å²) in [6.45, 7) is 3.19. The summed E-state index contributed by atoms with van der Waals surface area (Å²) in [5.41, 5.74) is 0. The Morgan fingerprint density at radius 2 is 2.38 bits per heavy atom. The van der Waals surface area contributed by atoms with Gasteiger partial charge in [-0.25, -0.2) is 4.79 Å². The standard InChI is InChI=1S/C9H17FN2O/c1-3-7-4-5-12(9(10)13)6-8(7)11-2/h7-8,11H,3-6H2,1-2H3. The van der Waals surface area contributed by atoms with Crippen molar-refractivity contribution in [2.24, 2.45) is 5.92 Å². The average molecular weight is 188 g/mol. The van der Waals surface area contributed by atoms with Crippen molar-refractivity contribution in [2.45, 2.75) is 25.8 Å². The van der Waals surface area contributed by atoms with E-state index in [2.05, 4.69) is 12.2 Å². The smallest absolute Gasteiger partial charge is 0.315 e. The first-order valence-electron chi connectivity index (χ1n) is 4.80. The Morgan fingerprint density at radius 1 is 1.69 bits per heavy atom. The maximum atomic E-state index is 12.4. The van der Waals surface area contributed by atoms with Gasteiger partial charge in [-0.2, -0.15) is 0 Å². The molecule has 1 saturated heterocycles. The first-order chi connectivity index (χ1) is 6.19. The Labute approximate surface area is 78.3 Å². The molecule has 0 bridgehead atoms. The molecule has 13 heavy (non-hydrogen) atoms. The number of rotatable bonds is 2. The molecule has 2 unspecified atom stereocenters. The van der Waals surface area contributed by atoms with Crippen LogP contribution < -0.4 is 5.32 Å². The van der Waals surface area contributed by atoms with Crippen LogP contribution in [0.25, 0.3) is 0 Å². The van der Waals surface area contributed by atoms with E-state index in [1.54, 1.807) is 0 Å². The topological polar surface area (TPSA) is 32.3 Å². The van der Waals surface area contributed by atoms with E-state index in [0.717, 1.165) is 12.8 Å². The zero-order chi connectivity index (χ0) is 9.84. The summed E-state index contributed by atoms with van der Waals surface area (Å²) in [6.07, 6.45) is 0.687. The Morgan fingerprint density at radius 3 is 2.85 bits per heavy atom. The van der Waals surface area contributed by atoms with E-state index in [4.69, 9.17) is 0 Å². The number of carbonyl (C=O) groups is 1. The molecule has 1 aliphatic heterocycles. The number of halogens is 1. The van der Waals surface area contributed by atoms with Crippen molar-refractivity contribution in [3.8, 4) is 0 Å². The molecule has 1 heterocycles. The average Bonchev–Trinajstić information content (AvgIpc) is 2.16. The predicted molar refractivity (Wildman–Crippen MR) is 49.3 cm³/mol. The highest BCUT2D eigenvalue weighted by Crippen LogP contribution is 2.20. The van der Waals surface area contributed by atoms with Crippen molar-refractivity contribution in [2.75, 3.05) is 20.1 Å². The Kier molecular flexibility index (Phi) is 3.66. The summed E-state index contributed by atoms with van der Waals surface area (Å²) in [4.78, 5) is 11.8. The minimum absolute atomic E-state index is 0.249. The molecule has 1 rings (SSSR count). The predicted octanol–water partition coefficient (Wildman–Crippen LogP) is 1.40. The molecule has 76 valence electrons. The maximum absolute atomic E-state index is 12.4. The number of carbonyl (C=O) groups excluding carboxylic acids is 1. The molecule has 1 fully saturated rings. The van der Waals surface area contributed by atoms with Crippen molar-refractivity contribution in [3.63, 3.8) is 0 Å². The second-order valence-electron chi connectivity index (χ2n) is 3.55. The van der Waals surface area contributed by atoms with E-state index >= 15 is 0 Å². The number of nitrogens with one attached hydrogen (secondary N) is 1. The molecular formula is C9H17FN2O. The Balaban J connectivity index is 2.52. The van der Waals surface area contributed by atoms with Gasteiger partial charge in [-0.05, 0) is 19.4 Å². The maximum Gasteiger partial charge on any atom is 0.400 e. The molecular weight excluding hydrogens is 171 g/mol. The van der Waals surface area contributed by atoms with Gasteiger partial charge in [-0.3, -0.25) is 0 Å². The summed E-state index contributed by atoms with van der Waals surface area (Å²) >= 11 is 0. The largest absolute Gasteiger partial charge is 0.400 e. The van der Waals surface area contributed by atoms with Gasteiger partial charge in [0.05, 0.1) is 0 Å². The fraction of sp³-hybridized carbons (Fsp3) is 0.889. The second-order valence-corrected chi connectivity index (χ2v) is 3.55. The van der Waals surface area contributed by atoms with Crippen molar-refractivity contribution >= 4 is 6.16 Å². The minimum Gasteiger partial charge on any atom is -0.315 e. The number of likely N-dealkylation sites (tertiary alicyclic amines) is 1. The number of piperidine rings is 1. The number of likely N-dealkylation sites (N-methyl/N-ethyl adjacent to an activating group) is 1. The number of hydrogen-bond donors (Lipinski definition) is 1. The normalized spacial score (nSPS) is 29.0. The van der Waals surface area contributed by atoms with Gasteiger partial charge < -0.3 is 10.2 Å². The zero-order valence-corrected chi connectivity index (χ0v) is 8.22. The van der Waals surface area contributed by atoms with Gasteiger partial charge in [0.25, 0.3) is 0 Å². The van der Waals surface area contributed by atoms with Crippen molar-refractivity contribution < 1.29 is 9.18 Å². The molecule has 1 aliphatic rings. The first-order valence-corrected chi connectivity index (χ1v) is 4.80. The molecule has 1 N–H and O–H groups in total. The molecule has 1 amide bonds. The van der Waals surface area contributed by atoms with Crippen LogP contribution in [0.4, 0.5) is 9.18 Å². The lowest BCUT2D eigenvalue weighted by atomic mass is 9.90. The van der Waals surface area contributed by atoms with E-state index in [-0.39, 0.29) is 6.04 Å². The molecule has 0 radical (unpaired) electrons. The number of amides is 1. The van der Waals surface area contributed by atoms with Crippen LogP contribution in [-0.4, -0.2) is 37.2 Å². The van der Waals surface area contributed by atoms with Crippen LogP contribution in [0.1, 0.15) is 19.8 Å². The fourth-order valence-electron chi connectivity index (χ4n) is 1.98. The lowest BCUT2D eigenvalue weighted by molar-refractivity contribution is 0.130. The highest BCUT2D eigenvalue weighted by Gasteiger charge is 2.29. The summed E-state index contributed by atoms with van der Waals surface area (Å²) in [5, 5.41) is 3.13. The van der Waals surface area contributed by atoms with Crippen LogP contribution in [0.15, 0.2) is 0 Å². The quantitative estimate of drug-likeness (QED) is 0.524. The van der Waals surface area contributed by atoms with Gasteiger partial charge in [0, 0.05) is 19.1 Å². The fourth-order valence-corrected chi connectivity index (χ4v) is 1.98. The third kappa shape index (κ3) is 2.40. The molecule has 0 spiro atoms. The van der Waals surface area contributed by atoms with Crippen molar-refractivity contribution in [1.82, 2.24) is 10.2 Å². The monoisotopic (exact) mass is 188 g/mol. The van der Waals surface area contributed by atoms with Crippen LogP contribution in [-0.2, 0) is 0 Å². The molecule has 4 heteroatoms. The van der Waals surface area contributed by atoms with Crippen LogP contribution in [0.5, 0.6) is 0 Å². The second kappa shape index (κ2) is 4.56. The van der Waals surface area contributed by atoms with Crippen LogP contribution >= 0.6 is 0 Å². The Hall–Kier alpha value is -0.640. The molecule has 2 atom stereocenters. The lowest BCUT2D eigenvalue weighted by Gasteiger charge is -2.36. The molecule has 0 saturated carbocycles. The van der Waals surface area contributed by atoms with Crippen LogP contribution in [0.2, 0.25) is 0 Å². The highest BCUT2D eigenvalue weighted by molar-refractivity contribution is 5.66. The molecule has 0 aromatic carbocycles. The van der Waals surface area contributed by atoms with Gasteiger partial charge in [0.2, 0.25) is 0 Å². The number of nitrogens with zero attached hydrogens (tertiary/aromatic N) is 1. The van der Waals surface area contributed by atoms with Crippen molar-refractivity contribution in [1.29, 1.82) is 0 Å². The van der Waals surface area contributed by atoms with E-state index in [0.29, 0.717) is 19.0 Å². The van der Waals surface area contributed by atoms with Crippen LogP contribution in [0.3, 0.4) is 0 Å². The summed E-state index contributed by atoms with van der Waals surface area (Å²) in [6, 6.07) is 0.249. The van der Waals surface area contributed by atoms with E-state index in [1.807, 2.05) is 7.05 Å². The van der Waals surface area contributed by atoms with Crippen molar-refractivity contribution in [3.05, 3.63) is 0 Å². The zero-order valence-electron chi connectivity index (χ0n) is 8.22. The first kappa shape index (κ1) is 10.4. The minimum atomic E-state index is -1.30. The van der Waals surface area contributed by atoms with Crippen LogP contribution in [0, 0.1) is 5.92 Å². The molecule has 0 aliphatic carbocycles. The van der Waals surface area contributed by atoms with Gasteiger partial charge >= 0.3 is 6.16 Å². The van der Waals surface area contributed by atoms with E-state index in [9.17, 15) is 9.18 Å². The molecule has 3 nitrogen and oxygen atoms in total. The van der Waals surface area contributed by atoms with E-state index in [1.165, 1.54) is 4.90 Å². The summed E-state index contributed by atoms with van der Waals surface area (Å²) in [5.74, 6) is 0.570. The highest BCUT2D eigenvalue weighted by atomic mass is 19.1. The summed E-state index contributed by atoms with van der Waals surface area (Å²) in [7, 11) is 1.86. The van der Waals surface area contributed by atoms with Gasteiger partial charge in [-0.1, -0.05) is 13.3 Å². The molecule has 0 aromatic heterocycles. The van der Waals surface area contributed by atoms with Gasteiger partial charge in [0.15, 0.2) is 0 Å². The Bertz CT molecular complexity index is 186. The third-order valence-electron chi connectivity index (χ3n) is 2.90. The van der Waals surface area contributed by atoms with E-state index < -0.39 is 6.16 Å².